The smallest absolute Gasteiger partial charge is 0.301 e. The van der Waals surface area contributed by atoms with E-state index in [1.165, 1.54) is 18.2 Å². The molecule has 0 aliphatic rings. The van der Waals surface area contributed by atoms with E-state index < -0.39 is 76.1 Å². The number of hydrogen-bond donors (Lipinski definition) is 0. The van der Waals surface area contributed by atoms with Crippen LogP contribution in [0.2, 0.25) is 0 Å². The molecular weight excluding hydrogens is 682 g/mol. The molecule has 0 bridgehead atoms. The number of carbonyl (C=O) groups is 1. The normalized spacial score (nSPS) is 13.5. The summed E-state index contributed by atoms with van der Waals surface area (Å²) in [6.45, 7) is -1.25. The summed E-state index contributed by atoms with van der Waals surface area (Å²) in [5.41, 5.74) is -1.56. The van der Waals surface area contributed by atoms with Crippen molar-refractivity contribution < 1.29 is 75.0 Å². The zero-order valence-electron chi connectivity index (χ0n) is 22.6. The Labute approximate surface area is 253 Å². The first kappa shape index (κ1) is 37.0. The number of carbonyl (C=O) groups excluding carboxylic acids is 1. The Kier molecular flexibility index (Phi) is 9.69. The van der Waals surface area contributed by atoms with E-state index in [1.54, 1.807) is 0 Å². The van der Waals surface area contributed by atoms with Crippen LogP contribution >= 0.6 is 0 Å². The minimum Gasteiger partial charge on any atom is -0.301 e. The topological polar surface area (TPSA) is 20.3 Å². The van der Waals surface area contributed by atoms with Gasteiger partial charge in [-0.1, -0.05) is 54.3 Å². The zero-order chi connectivity index (χ0) is 35.9. The summed E-state index contributed by atoms with van der Waals surface area (Å²) >= 11 is 0. The van der Waals surface area contributed by atoms with Crippen molar-refractivity contribution in [1.29, 1.82) is 0 Å². The largest absolute Gasteiger partial charge is 0.460 e. The van der Waals surface area contributed by atoms with Crippen molar-refractivity contribution in [3.8, 4) is 11.8 Å². The number of benzene rings is 3. The van der Waals surface area contributed by atoms with Gasteiger partial charge in [0.25, 0.3) is 0 Å². The molecule has 0 heterocycles. The van der Waals surface area contributed by atoms with Crippen molar-refractivity contribution >= 4 is 11.6 Å². The quantitative estimate of drug-likeness (QED) is 0.161. The number of anilines is 1. The lowest BCUT2D eigenvalue weighted by atomic mass is 9.90. The van der Waals surface area contributed by atoms with E-state index in [1.807, 2.05) is 0 Å². The fourth-order valence-corrected chi connectivity index (χ4v) is 3.79. The molecule has 0 unspecified atom stereocenters. The molecule has 1 amide bonds. The van der Waals surface area contributed by atoms with E-state index in [4.69, 9.17) is 0 Å². The Hall–Kier alpha value is -4.43. The molecule has 254 valence electrons. The maximum atomic E-state index is 15.1. The van der Waals surface area contributed by atoms with Gasteiger partial charge in [0.2, 0.25) is 0 Å². The summed E-state index contributed by atoms with van der Waals surface area (Å²) in [5.74, 6) is -48.3. The summed E-state index contributed by atoms with van der Waals surface area (Å²) in [6.07, 6.45) is -7.76. The zero-order valence-corrected chi connectivity index (χ0v) is 22.6. The lowest BCUT2D eigenvalue weighted by molar-refractivity contribution is -0.449. The fourth-order valence-electron chi connectivity index (χ4n) is 3.79. The second-order valence-corrected chi connectivity index (χ2v) is 9.60. The number of nitrogens with zero attached hydrogens (tertiary/aromatic N) is 1. The van der Waals surface area contributed by atoms with Crippen LogP contribution in [0.3, 0.4) is 0 Å². The highest BCUT2D eigenvalue weighted by molar-refractivity contribution is 6.00. The number of alkyl halides is 15. The fraction of sp³-hybridized carbons (Fsp3) is 0.276. The van der Waals surface area contributed by atoms with Crippen LogP contribution in [0.15, 0.2) is 78.9 Å². The maximum Gasteiger partial charge on any atom is 0.460 e. The second-order valence-electron chi connectivity index (χ2n) is 9.60. The Morgan fingerprint density at radius 3 is 1.55 bits per heavy atom. The van der Waals surface area contributed by atoms with E-state index in [0.717, 1.165) is 60.7 Å². The summed E-state index contributed by atoms with van der Waals surface area (Å²) < 4.78 is 221. The molecule has 47 heavy (non-hydrogen) atoms. The van der Waals surface area contributed by atoms with Crippen LogP contribution in [0.25, 0.3) is 0 Å². The highest BCUT2D eigenvalue weighted by atomic mass is 19.4. The average molecular weight is 697 g/mol. The monoisotopic (exact) mass is 697 g/mol. The molecular formula is C29H15F16NO. The summed E-state index contributed by atoms with van der Waals surface area (Å²) in [4.78, 5) is 12.6. The van der Waals surface area contributed by atoms with Gasteiger partial charge < -0.3 is 4.90 Å². The molecule has 0 aliphatic heterocycles. The van der Waals surface area contributed by atoms with Crippen LogP contribution in [-0.2, 0) is 11.3 Å². The molecule has 0 aliphatic carbocycles. The standard InChI is InChI=1S/C29H15F16NO/c30-20-14-11-17(12-15-20)10-13-19-8-4-5-9-21(19)46(16-18-6-2-1-3-7-18)22(47)23(31,32)24(33,34)25(35,36)26(37,38)27(39,40)28(41,42)29(43,44)45/h1-9,11-12,14-15H,16H2. The van der Waals surface area contributed by atoms with Gasteiger partial charge in [-0.15, -0.1) is 0 Å². The first-order chi connectivity index (χ1) is 21.3. The Bertz CT molecular complexity index is 1640. The van der Waals surface area contributed by atoms with E-state index in [0.29, 0.717) is 0 Å². The van der Waals surface area contributed by atoms with Gasteiger partial charge in [-0.25, -0.2) is 4.39 Å². The average Bonchev–Trinajstić information content (AvgIpc) is 2.99. The van der Waals surface area contributed by atoms with Gasteiger partial charge in [0, 0.05) is 11.1 Å². The van der Waals surface area contributed by atoms with Crippen LogP contribution < -0.4 is 4.90 Å². The number of amides is 1. The van der Waals surface area contributed by atoms with Crippen LogP contribution in [-0.4, -0.2) is 47.6 Å². The van der Waals surface area contributed by atoms with Crippen molar-refractivity contribution in [3.05, 3.63) is 101 Å². The Balaban J connectivity index is 2.18. The van der Waals surface area contributed by atoms with E-state index >= 15 is 8.78 Å². The van der Waals surface area contributed by atoms with Gasteiger partial charge in [0.15, 0.2) is 0 Å². The van der Waals surface area contributed by atoms with Crippen LogP contribution in [0.1, 0.15) is 16.7 Å². The molecule has 0 atom stereocenters. The second kappa shape index (κ2) is 12.3. The van der Waals surface area contributed by atoms with Crippen molar-refractivity contribution in [2.24, 2.45) is 0 Å². The number of hydrogen-bond acceptors (Lipinski definition) is 1. The first-order valence-electron chi connectivity index (χ1n) is 12.4. The minimum atomic E-state index is -8.55. The predicted octanol–water partition coefficient (Wildman–Crippen LogP) is 9.13. The molecule has 0 radical (unpaired) electrons. The minimum absolute atomic E-state index is 0.0532. The summed E-state index contributed by atoms with van der Waals surface area (Å²) in [6, 6.07) is 13.8. The first-order valence-corrected chi connectivity index (χ1v) is 12.4. The number of rotatable bonds is 9. The van der Waals surface area contributed by atoms with Crippen LogP contribution in [0.4, 0.5) is 75.9 Å². The molecule has 3 aromatic carbocycles. The van der Waals surface area contributed by atoms with Crippen molar-refractivity contribution in [3.63, 3.8) is 0 Å². The van der Waals surface area contributed by atoms with E-state index in [9.17, 15) is 66.3 Å². The Morgan fingerprint density at radius 1 is 0.553 bits per heavy atom. The third-order valence-electron chi connectivity index (χ3n) is 6.41. The van der Waals surface area contributed by atoms with Crippen LogP contribution in [0, 0.1) is 17.7 Å². The Morgan fingerprint density at radius 2 is 1.02 bits per heavy atom. The number of halogens is 16. The molecule has 0 N–H and O–H groups in total. The molecule has 3 rings (SSSR count). The van der Waals surface area contributed by atoms with Gasteiger partial charge in [-0.2, -0.15) is 65.9 Å². The van der Waals surface area contributed by atoms with Gasteiger partial charge in [-0.3, -0.25) is 4.79 Å². The third kappa shape index (κ3) is 6.31. The number of para-hydroxylation sites is 1. The van der Waals surface area contributed by atoms with Crippen molar-refractivity contribution in [2.45, 2.75) is 48.3 Å². The molecule has 3 aromatic rings. The van der Waals surface area contributed by atoms with E-state index in [-0.39, 0.29) is 11.1 Å². The van der Waals surface area contributed by atoms with Gasteiger partial charge >= 0.3 is 47.6 Å². The molecule has 18 heteroatoms. The molecule has 2 nitrogen and oxygen atoms in total. The van der Waals surface area contributed by atoms with E-state index in [2.05, 4.69) is 11.8 Å². The SMILES string of the molecule is O=C(N(Cc1ccccc1)c1ccccc1C#Cc1ccc(F)cc1)C(F)(F)C(F)(F)C(F)(F)C(F)(F)C(F)(F)C(F)(F)C(F)(F)F. The highest BCUT2D eigenvalue weighted by Gasteiger charge is 2.94. The molecule has 0 saturated carbocycles. The van der Waals surface area contributed by atoms with Crippen molar-refractivity contribution in [2.75, 3.05) is 4.90 Å². The van der Waals surface area contributed by atoms with Gasteiger partial charge in [0.1, 0.15) is 5.82 Å². The lowest BCUT2D eigenvalue weighted by Crippen LogP contribution is -2.74. The predicted molar refractivity (Wildman–Crippen MR) is 132 cm³/mol. The molecule has 0 spiro atoms. The molecule has 0 aromatic heterocycles. The van der Waals surface area contributed by atoms with Gasteiger partial charge in [-0.05, 0) is 42.0 Å². The maximum absolute atomic E-state index is 15.1. The molecule has 0 fully saturated rings. The van der Waals surface area contributed by atoms with Gasteiger partial charge in [0.05, 0.1) is 12.2 Å². The van der Waals surface area contributed by atoms with Crippen molar-refractivity contribution in [1.82, 2.24) is 0 Å². The third-order valence-corrected chi connectivity index (χ3v) is 6.41. The summed E-state index contributed by atoms with van der Waals surface area (Å²) in [7, 11) is 0. The lowest BCUT2D eigenvalue weighted by Gasteiger charge is -2.41. The van der Waals surface area contributed by atoms with Crippen LogP contribution in [0.5, 0.6) is 0 Å². The summed E-state index contributed by atoms with van der Waals surface area (Å²) in [5, 5.41) is 0. The highest BCUT2D eigenvalue weighted by Crippen LogP contribution is 2.62. The molecule has 0 saturated heterocycles.